The number of nitrogens with zero attached hydrogens (tertiary/aromatic N) is 3. The molecule has 3 heterocycles. The average molecular weight is 370 g/mol. The van der Waals surface area contributed by atoms with Crippen molar-refractivity contribution in [3.05, 3.63) is 45.9 Å². The van der Waals surface area contributed by atoms with Crippen molar-refractivity contribution < 1.29 is 9.90 Å². The molecule has 2 N–H and O–H groups in total. The third kappa shape index (κ3) is 5.36. The number of aromatic nitrogens is 2. The summed E-state index contributed by atoms with van der Waals surface area (Å²) in [5.41, 5.74) is 0.544. The van der Waals surface area contributed by atoms with Crippen molar-refractivity contribution in [1.29, 1.82) is 0 Å². The minimum atomic E-state index is -0.109. The molecule has 1 saturated heterocycles. The Labute approximate surface area is 157 Å². The summed E-state index contributed by atoms with van der Waals surface area (Å²) in [6, 6.07) is 5.78. The van der Waals surface area contributed by atoms with Crippen molar-refractivity contribution in [2.24, 2.45) is 5.92 Å². The summed E-state index contributed by atoms with van der Waals surface area (Å²) in [6.07, 6.45) is 5.27. The summed E-state index contributed by atoms with van der Waals surface area (Å²) in [5.74, 6) is 5.99. The third-order valence-electron chi connectivity index (χ3n) is 4.33. The van der Waals surface area contributed by atoms with Crippen LogP contribution in [0.5, 0.6) is 0 Å². The largest absolute Gasteiger partial charge is 0.384 e. The Bertz CT molecular complexity index is 782. The van der Waals surface area contributed by atoms with E-state index in [9.17, 15) is 4.79 Å². The molecule has 1 unspecified atom stereocenters. The lowest BCUT2D eigenvalue weighted by atomic mass is 9.98. The van der Waals surface area contributed by atoms with Gasteiger partial charge in [0, 0.05) is 24.5 Å². The first-order chi connectivity index (χ1) is 12.7. The number of carbonyl (C=O) groups excluding carboxylic acids is 1. The maximum atomic E-state index is 12.1. The molecule has 136 valence electrons. The van der Waals surface area contributed by atoms with Gasteiger partial charge in [-0.3, -0.25) is 9.69 Å². The van der Waals surface area contributed by atoms with Crippen LogP contribution in [0.3, 0.4) is 0 Å². The zero-order chi connectivity index (χ0) is 18.2. The lowest BCUT2D eigenvalue weighted by Crippen LogP contribution is -2.40. The molecule has 2 aromatic heterocycles. The summed E-state index contributed by atoms with van der Waals surface area (Å²) in [5, 5.41) is 19.2. The van der Waals surface area contributed by atoms with E-state index in [1.807, 2.05) is 6.07 Å². The molecule has 0 radical (unpaired) electrons. The summed E-state index contributed by atoms with van der Waals surface area (Å²) in [6.45, 7) is 3.53. The topological polar surface area (TPSA) is 78.4 Å². The van der Waals surface area contributed by atoms with Crippen LogP contribution in [0, 0.1) is 17.8 Å². The second-order valence-corrected chi connectivity index (χ2v) is 7.48. The predicted molar refractivity (Wildman–Crippen MR) is 101 cm³/mol. The van der Waals surface area contributed by atoms with Crippen LogP contribution in [-0.2, 0) is 6.54 Å². The summed E-state index contributed by atoms with van der Waals surface area (Å²) in [7, 11) is 0. The molecular formula is C19H22N4O2S. The zero-order valence-electron chi connectivity index (χ0n) is 14.5. The Morgan fingerprint density at radius 2 is 2.31 bits per heavy atom. The summed E-state index contributed by atoms with van der Waals surface area (Å²) < 4.78 is 0. The van der Waals surface area contributed by atoms with E-state index in [1.165, 1.54) is 17.3 Å². The highest BCUT2D eigenvalue weighted by molar-refractivity contribution is 7.12. The van der Waals surface area contributed by atoms with Crippen LogP contribution >= 0.6 is 11.3 Å². The minimum Gasteiger partial charge on any atom is -0.384 e. The second-order valence-electron chi connectivity index (χ2n) is 6.31. The van der Waals surface area contributed by atoms with Gasteiger partial charge in [-0.15, -0.1) is 11.3 Å². The lowest BCUT2D eigenvalue weighted by molar-refractivity contribution is 0.0930. The molecule has 0 saturated carbocycles. The van der Waals surface area contributed by atoms with Gasteiger partial charge in [-0.1, -0.05) is 11.8 Å². The van der Waals surface area contributed by atoms with Gasteiger partial charge in [0.2, 0.25) is 0 Å². The van der Waals surface area contributed by atoms with E-state index in [0.717, 1.165) is 37.4 Å². The van der Waals surface area contributed by atoms with E-state index in [-0.39, 0.29) is 12.5 Å². The minimum absolute atomic E-state index is 0.0950. The van der Waals surface area contributed by atoms with Crippen LogP contribution in [0.15, 0.2) is 30.6 Å². The van der Waals surface area contributed by atoms with Crippen molar-refractivity contribution in [3.63, 3.8) is 0 Å². The van der Waals surface area contributed by atoms with Crippen molar-refractivity contribution in [2.75, 3.05) is 26.2 Å². The number of carbonyl (C=O) groups is 1. The van der Waals surface area contributed by atoms with Gasteiger partial charge in [-0.25, -0.2) is 0 Å². The number of nitrogens with one attached hydrogen (secondary N) is 1. The van der Waals surface area contributed by atoms with Gasteiger partial charge in [0.1, 0.15) is 6.61 Å². The molecule has 1 atom stereocenters. The second kappa shape index (κ2) is 9.43. The number of amides is 1. The van der Waals surface area contributed by atoms with Gasteiger partial charge in [0.15, 0.2) is 0 Å². The molecule has 1 aliphatic rings. The molecule has 0 bridgehead atoms. The fourth-order valence-corrected chi connectivity index (χ4v) is 4.03. The molecule has 0 aromatic carbocycles. The Morgan fingerprint density at radius 3 is 3.12 bits per heavy atom. The fourth-order valence-electron chi connectivity index (χ4n) is 3.10. The van der Waals surface area contributed by atoms with E-state index >= 15 is 0 Å². The average Bonchev–Trinajstić information content (AvgIpc) is 3.12. The number of aliphatic hydroxyl groups excluding tert-OH is 1. The number of aliphatic hydroxyl groups is 1. The van der Waals surface area contributed by atoms with Crippen molar-refractivity contribution >= 4 is 17.2 Å². The van der Waals surface area contributed by atoms with Crippen LogP contribution in [-0.4, -0.2) is 52.4 Å². The van der Waals surface area contributed by atoms with E-state index in [0.29, 0.717) is 18.0 Å². The molecule has 2 aromatic rings. The normalized spacial score (nSPS) is 17.3. The summed E-state index contributed by atoms with van der Waals surface area (Å²) in [4.78, 5) is 16.8. The maximum absolute atomic E-state index is 12.1. The molecule has 1 aliphatic heterocycles. The van der Waals surface area contributed by atoms with Crippen LogP contribution in [0.1, 0.15) is 33.0 Å². The van der Waals surface area contributed by atoms with E-state index < -0.39 is 0 Å². The molecule has 0 spiro atoms. The standard InChI is InChI=1S/C19H22N4O2S/c24-10-2-4-17-5-6-18(26-17)14-23-9-1-3-15(13-23)11-20-19(25)16-7-8-21-22-12-16/h5-8,12,15,24H,1,3,9-11,13-14H2,(H,20,25). The quantitative estimate of drug-likeness (QED) is 0.781. The maximum Gasteiger partial charge on any atom is 0.252 e. The molecule has 3 rings (SSSR count). The Hall–Kier alpha value is -2.27. The van der Waals surface area contributed by atoms with Gasteiger partial charge >= 0.3 is 0 Å². The Morgan fingerprint density at radius 1 is 1.38 bits per heavy atom. The van der Waals surface area contributed by atoms with Gasteiger partial charge in [0.25, 0.3) is 5.91 Å². The van der Waals surface area contributed by atoms with Crippen molar-refractivity contribution in [2.45, 2.75) is 19.4 Å². The van der Waals surface area contributed by atoms with E-state index in [4.69, 9.17) is 5.11 Å². The van der Waals surface area contributed by atoms with Crippen LogP contribution < -0.4 is 5.32 Å². The smallest absolute Gasteiger partial charge is 0.252 e. The molecule has 1 amide bonds. The highest BCUT2D eigenvalue weighted by Crippen LogP contribution is 2.22. The van der Waals surface area contributed by atoms with E-state index in [1.54, 1.807) is 17.4 Å². The van der Waals surface area contributed by atoms with Crippen molar-refractivity contribution in [3.8, 4) is 11.8 Å². The number of rotatable bonds is 5. The van der Waals surface area contributed by atoms with Crippen LogP contribution in [0.4, 0.5) is 0 Å². The van der Waals surface area contributed by atoms with Gasteiger partial charge in [-0.2, -0.15) is 10.2 Å². The first-order valence-corrected chi connectivity index (χ1v) is 9.52. The number of hydrogen-bond donors (Lipinski definition) is 2. The number of piperidine rings is 1. The molecule has 7 heteroatoms. The van der Waals surface area contributed by atoms with Gasteiger partial charge in [0.05, 0.1) is 22.8 Å². The number of likely N-dealkylation sites (tertiary alicyclic amines) is 1. The first-order valence-electron chi connectivity index (χ1n) is 8.70. The zero-order valence-corrected chi connectivity index (χ0v) is 15.3. The fraction of sp³-hybridized carbons (Fsp3) is 0.421. The third-order valence-corrected chi connectivity index (χ3v) is 5.32. The summed E-state index contributed by atoms with van der Waals surface area (Å²) >= 11 is 1.67. The van der Waals surface area contributed by atoms with Crippen molar-refractivity contribution in [1.82, 2.24) is 20.4 Å². The van der Waals surface area contributed by atoms with Crippen LogP contribution in [0.2, 0.25) is 0 Å². The molecular weight excluding hydrogens is 348 g/mol. The highest BCUT2D eigenvalue weighted by Gasteiger charge is 2.21. The first kappa shape index (κ1) is 18.5. The number of thiophene rings is 1. The molecule has 1 fully saturated rings. The predicted octanol–water partition coefficient (Wildman–Crippen LogP) is 1.52. The molecule has 0 aliphatic carbocycles. The van der Waals surface area contributed by atoms with Gasteiger partial charge < -0.3 is 10.4 Å². The monoisotopic (exact) mass is 370 g/mol. The SMILES string of the molecule is O=C(NCC1CCCN(Cc2ccc(C#CCO)s2)C1)c1ccnnc1. The Balaban J connectivity index is 1.48. The Kier molecular flexibility index (Phi) is 6.72. The lowest BCUT2D eigenvalue weighted by Gasteiger charge is -2.32. The van der Waals surface area contributed by atoms with Gasteiger partial charge in [-0.05, 0) is 43.5 Å². The number of hydrogen-bond acceptors (Lipinski definition) is 6. The highest BCUT2D eigenvalue weighted by atomic mass is 32.1. The van der Waals surface area contributed by atoms with Crippen LogP contribution in [0.25, 0.3) is 0 Å². The molecule has 6 nitrogen and oxygen atoms in total. The van der Waals surface area contributed by atoms with E-state index in [2.05, 4.69) is 38.3 Å². The molecule has 26 heavy (non-hydrogen) atoms.